The summed E-state index contributed by atoms with van der Waals surface area (Å²) in [4.78, 5) is 24.9. The second kappa shape index (κ2) is 9.30. The molecule has 1 aromatic rings. The third kappa shape index (κ3) is 7.06. The van der Waals surface area contributed by atoms with Gasteiger partial charge in [-0.3, -0.25) is 9.59 Å². The summed E-state index contributed by atoms with van der Waals surface area (Å²) < 4.78 is 53.4. The first-order valence-electron chi connectivity index (χ1n) is 8.42. The molecule has 0 aromatic heterocycles. The summed E-state index contributed by atoms with van der Waals surface area (Å²) in [5, 5.41) is 0.926. The molecule has 1 aromatic carbocycles. The summed E-state index contributed by atoms with van der Waals surface area (Å²) in [7, 11) is -5.55. The van der Waals surface area contributed by atoms with Crippen molar-refractivity contribution in [1.29, 1.82) is 0 Å². The number of rotatable bonds is 8. The van der Waals surface area contributed by atoms with Gasteiger partial charge in [-0.05, 0) is 18.1 Å². The minimum atomic E-state index is -3.85. The van der Waals surface area contributed by atoms with E-state index < -0.39 is 50.9 Å². The van der Waals surface area contributed by atoms with Gasteiger partial charge in [0.05, 0.1) is 11.5 Å². The van der Waals surface area contributed by atoms with E-state index in [1.165, 1.54) is 18.0 Å². The first kappa shape index (κ1) is 22.1. The molecule has 28 heavy (non-hydrogen) atoms. The molecule has 1 saturated heterocycles. The van der Waals surface area contributed by atoms with E-state index in [-0.39, 0.29) is 11.5 Å². The molecule has 154 valence electrons. The fourth-order valence-corrected chi connectivity index (χ4v) is 5.05. The minimum Gasteiger partial charge on any atom is -0.455 e. The molecule has 1 N–H and O–H groups in total. The summed E-state index contributed by atoms with van der Waals surface area (Å²) in [5.74, 6) is -1.57. The summed E-state index contributed by atoms with van der Waals surface area (Å²) in [6.07, 6.45) is 1.72. The minimum absolute atomic E-state index is 0.0212. The van der Waals surface area contributed by atoms with Crippen LogP contribution in [-0.2, 0) is 34.2 Å². The van der Waals surface area contributed by atoms with E-state index >= 15 is 0 Å². The number of ether oxygens (including phenoxy) is 1. The molecule has 1 aliphatic heterocycles. The number of amides is 1. The van der Waals surface area contributed by atoms with Crippen molar-refractivity contribution in [3.8, 4) is 0 Å². The molecule has 1 heterocycles. The van der Waals surface area contributed by atoms with E-state index in [9.17, 15) is 26.4 Å². The van der Waals surface area contributed by atoms with Crippen molar-refractivity contribution in [3.63, 3.8) is 0 Å². The maximum atomic E-state index is 12.0. The Balaban J connectivity index is 1.76. The molecule has 0 aliphatic carbocycles. The first-order chi connectivity index (χ1) is 13.1. The zero-order valence-electron chi connectivity index (χ0n) is 15.3. The number of benzene rings is 1. The van der Waals surface area contributed by atoms with Crippen LogP contribution in [-0.4, -0.2) is 71.4 Å². The summed E-state index contributed by atoms with van der Waals surface area (Å²) >= 11 is 0. The van der Waals surface area contributed by atoms with Crippen LogP contribution in [0.4, 0.5) is 0 Å². The molecule has 0 spiro atoms. The van der Waals surface area contributed by atoms with Crippen LogP contribution in [0.2, 0.25) is 0 Å². The molecule has 1 fully saturated rings. The molecule has 1 atom stereocenters. The van der Waals surface area contributed by atoms with Gasteiger partial charge in [0.15, 0.2) is 16.4 Å². The Labute approximate surface area is 164 Å². The van der Waals surface area contributed by atoms with E-state index in [2.05, 4.69) is 4.72 Å². The van der Waals surface area contributed by atoms with Gasteiger partial charge in [0, 0.05) is 18.5 Å². The zero-order valence-corrected chi connectivity index (χ0v) is 16.9. The predicted octanol–water partition coefficient (Wildman–Crippen LogP) is -0.235. The molecule has 11 heteroatoms. The van der Waals surface area contributed by atoms with Gasteiger partial charge in [0.25, 0.3) is 5.91 Å². The van der Waals surface area contributed by atoms with Gasteiger partial charge >= 0.3 is 5.97 Å². The number of nitrogens with zero attached hydrogens (tertiary/aromatic N) is 1. The molecule has 1 unspecified atom stereocenters. The highest BCUT2D eigenvalue weighted by atomic mass is 32.2. The number of sulfone groups is 1. The van der Waals surface area contributed by atoms with Crippen LogP contribution < -0.4 is 4.72 Å². The Morgan fingerprint density at radius 1 is 1.29 bits per heavy atom. The van der Waals surface area contributed by atoms with E-state index in [0.717, 1.165) is 5.41 Å². The molecule has 9 nitrogen and oxygen atoms in total. The van der Waals surface area contributed by atoms with Gasteiger partial charge in [-0.1, -0.05) is 30.3 Å². The van der Waals surface area contributed by atoms with Crippen LogP contribution in [0, 0.1) is 0 Å². The molecule has 0 radical (unpaired) electrons. The Hall–Kier alpha value is -2.24. The summed E-state index contributed by atoms with van der Waals surface area (Å²) in [6.45, 7) is -1.22. The van der Waals surface area contributed by atoms with Crippen LogP contribution in [0.25, 0.3) is 6.08 Å². The van der Waals surface area contributed by atoms with Crippen molar-refractivity contribution < 1.29 is 31.2 Å². The standard InChI is InChI=1S/C17H22N2O7S2/c1-19(15-8-9-27(22,23)13-15)16(20)12-26-17(21)11-18-28(24,25)10-7-14-5-3-2-4-6-14/h2-7,10,15,18H,8-9,11-13H2,1H3. The molecule has 1 amide bonds. The van der Waals surface area contributed by atoms with Crippen molar-refractivity contribution in [2.45, 2.75) is 12.5 Å². The van der Waals surface area contributed by atoms with Gasteiger partial charge in [-0.2, -0.15) is 0 Å². The molecule has 2 rings (SSSR count). The normalized spacial score (nSPS) is 18.8. The zero-order chi connectivity index (χ0) is 20.8. The summed E-state index contributed by atoms with van der Waals surface area (Å²) in [6, 6.07) is 8.30. The lowest BCUT2D eigenvalue weighted by Crippen LogP contribution is -2.41. The highest BCUT2D eigenvalue weighted by molar-refractivity contribution is 7.92. The Bertz CT molecular complexity index is 941. The number of nitrogens with one attached hydrogen (secondary N) is 1. The van der Waals surface area contributed by atoms with E-state index in [1.54, 1.807) is 30.3 Å². The van der Waals surface area contributed by atoms with E-state index in [0.29, 0.717) is 12.0 Å². The monoisotopic (exact) mass is 430 g/mol. The van der Waals surface area contributed by atoms with Crippen LogP contribution in [0.1, 0.15) is 12.0 Å². The van der Waals surface area contributed by atoms with E-state index in [1.807, 2.05) is 0 Å². The van der Waals surface area contributed by atoms with Crippen molar-refractivity contribution in [3.05, 3.63) is 41.3 Å². The van der Waals surface area contributed by atoms with Gasteiger partial charge in [-0.15, -0.1) is 0 Å². The topological polar surface area (TPSA) is 127 Å². The van der Waals surface area contributed by atoms with Crippen LogP contribution >= 0.6 is 0 Å². The number of esters is 1. The average Bonchev–Trinajstić information content (AvgIpc) is 3.03. The fourth-order valence-electron chi connectivity index (χ4n) is 2.52. The number of hydrogen-bond acceptors (Lipinski definition) is 7. The van der Waals surface area contributed by atoms with Crippen LogP contribution in [0.5, 0.6) is 0 Å². The third-order valence-electron chi connectivity index (χ3n) is 4.16. The van der Waals surface area contributed by atoms with Crippen molar-refractivity contribution in [2.75, 3.05) is 31.7 Å². The molecular formula is C17H22N2O7S2. The molecule has 0 saturated carbocycles. The maximum Gasteiger partial charge on any atom is 0.321 e. The number of likely N-dealkylation sites (N-methyl/N-ethyl adjacent to an activating group) is 1. The van der Waals surface area contributed by atoms with Crippen LogP contribution in [0.3, 0.4) is 0 Å². The van der Waals surface area contributed by atoms with Gasteiger partial charge in [0.1, 0.15) is 6.54 Å². The predicted molar refractivity (Wildman–Crippen MR) is 103 cm³/mol. The lowest BCUT2D eigenvalue weighted by atomic mass is 10.2. The van der Waals surface area contributed by atoms with Gasteiger partial charge < -0.3 is 9.64 Å². The van der Waals surface area contributed by atoms with Gasteiger partial charge in [-0.25, -0.2) is 21.6 Å². The van der Waals surface area contributed by atoms with E-state index in [4.69, 9.17) is 4.74 Å². The van der Waals surface area contributed by atoms with Crippen molar-refractivity contribution in [2.24, 2.45) is 0 Å². The Morgan fingerprint density at radius 3 is 2.57 bits per heavy atom. The lowest BCUT2D eigenvalue weighted by molar-refractivity contribution is -0.151. The number of carbonyl (C=O) groups is 2. The smallest absolute Gasteiger partial charge is 0.321 e. The quantitative estimate of drug-likeness (QED) is 0.564. The average molecular weight is 431 g/mol. The molecule has 0 bridgehead atoms. The Morgan fingerprint density at radius 2 is 1.96 bits per heavy atom. The van der Waals surface area contributed by atoms with Gasteiger partial charge in [0.2, 0.25) is 10.0 Å². The number of sulfonamides is 1. The number of carbonyl (C=O) groups excluding carboxylic acids is 2. The van der Waals surface area contributed by atoms with Crippen molar-refractivity contribution >= 4 is 37.8 Å². The summed E-state index contributed by atoms with van der Waals surface area (Å²) in [5.41, 5.74) is 0.679. The second-order valence-corrected chi connectivity index (χ2v) is 10.2. The SMILES string of the molecule is CN(C(=O)COC(=O)CNS(=O)(=O)C=Cc1ccccc1)C1CCS(=O)(=O)C1. The highest BCUT2D eigenvalue weighted by Gasteiger charge is 2.32. The Kier molecular flexibility index (Phi) is 7.33. The maximum absolute atomic E-state index is 12.0. The second-order valence-electron chi connectivity index (χ2n) is 6.30. The lowest BCUT2D eigenvalue weighted by Gasteiger charge is -2.23. The number of hydrogen-bond donors (Lipinski definition) is 1. The highest BCUT2D eigenvalue weighted by Crippen LogP contribution is 2.16. The van der Waals surface area contributed by atoms with Crippen LogP contribution in [0.15, 0.2) is 35.7 Å². The third-order valence-corrected chi connectivity index (χ3v) is 6.95. The van der Waals surface area contributed by atoms with Crippen molar-refractivity contribution in [1.82, 2.24) is 9.62 Å². The first-order valence-corrected chi connectivity index (χ1v) is 11.8. The molecule has 1 aliphatic rings. The largest absolute Gasteiger partial charge is 0.455 e. The molecular weight excluding hydrogens is 408 g/mol. The fraction of sp³-hybridized carbons (Fsp3) is 0.412.